The number of hydrogen-bond acceptors (Lipinski definition) is 4. The highest BCUT2D eigenvalue weighted by molar-refractivity contribution is 5.80. The minimum atomic E-state index is -1.02. The topological polar surface area (TPSA) is 87.7 Å². The molecular formula is C13H24N2O4. The smallest absolute Gasteiger partial charge is 0.408 e. The summed E-state index contributed by atoms with van der Waals surface area (Å²) in [5.74, 6) is -0.735. The molecule has 1 rings (SSSR count). The molecule has 1 fully saturated rings. The van der Waals surface area contributed by atoms with E-state index in [2.05, 4.69) is 10.6 Å². The molecule has 19 heavy (non-hydrogen) atoms. The van der Waals surface area contributed by atoms with Gasteiger partial charge in [-0.3, -0.25) is 0 Å². The van der Waals surface area contributed by atoms with E-state index in [1.165, 1.54) is 0 Å². The van der Waals surface area contributed by atoms with E-state index in [4.69, 9.17) is 9.84 Å². The normalized spacial score (nSPS) is 21.5. The molecule has 3 N–H and O–H groups in total. The van der Waals surface area contributed by atoms with E-state index in [1.807, 2.05) is 0 Å². The van der Waals surface area contributed by atoms with Crippen LogP contribution in [0.2, 0.25) is 0 Å². The zero-order valence-corrected chi connectivity index (χ0v) is 11.9. The molecule has 0 radical (unpaired) electrons. The maximum absolute atomic E-state index is 11.6. The molecule has 0 aliphatic carbocycles. The Balaban J connectivity index is 2.48. The number of ether oxygens (including phenoxy) is 1. The van der Waals surface area contributed by atoms with Crippen molar-refractivity contribution in [1.29, 1.82) is 0 Å². The third kappa shape index (κ3) is 6.42. The van der Waals surface area contributed by atoms with Crippen LogP contribution in [0.3, 0.4) is 0 Å². The summed E-state index contributed by atoms with van der Waals surface area (Å²) >= 11 is 0. The van der Waals surface area contributed by atoms with Gasteiger partial charge in [-0.05, 0) is 59.0 Å². The number of hydrogen-bond donors (Lipinski definition) is 3. The van der Waals surface area contributed by atoms with Gasteiger partial charge in [0.05, 0.1) is 0 Å². The Bertz CT molecular complexity index is 319. The fourth-order valence-corrected chi connectivity index (χ4v) is 2.13. The fourth-order valence-electron chi connectivity index (χ4n) is 2.13. The van der Waals surface area contributed by atoms with E-state index in [9.17, 15) is 9.59 Å². The molecule has 0 saturated carbocycles. The Hall–Kier alpha value is -1.30. The molecule has 2 atom stereocenters. The van der Waals surface area contributed by atoms with Gasteiger partial charge in [0.25, 0.3) is 0 Å². The highest BCUT2D eigenvalue weighted by Gasteiger charge is 2.27. The van der Waals surface area contributed by atoms with Crippen LogP contribution in [0, 0.1) is 5.92 Å². The van der Waals surface area contributed by atoms with Crippen LogP contribution in [-0.2, 0) is 9.53 Å². The second kappa shape index (κ2) is 6.75. The maximum atomic E-state index is 11.6. The quantitative estimate of drug-likeness (QED) is 0.719. The first-order chi connectivity index (χ1) is 8.78. The number of rotatable bonds is 4. The van der Waals surface area contributed by atoms with Crippen molar-refractivity contribution >= 4 is 12.1 Å². The Morgan fingerprint density at radius 1 is 1.47 bits per heavy atom. The lowest BCUT2D eigenvalue weighted by Gasteiger charge is -2.27. The highest BCUT2D eigenvalue weighted by atomic mass is 16.6. The lowest BCUT2D eigenvalue weighted by Crippen LogP contribution is -2.45. The SMILES string of the molecule is CC(C)(C)OC(=O)N[C@H](CC1CCCNC1)C(=O)O. The largest absolute Gasteiger partial charge is 0.480 e. The molecule has 1 amide bonds. The van der Waals surface area contributed by atoms with E-state index in [1.54, 1.807) is 20.8 Å². The molecule has 0 aromatic carbocycles. The van der Waals surface area contributed by atoms with Crippen LogP contribution < -0.4 is 10.6 Å². The summed E-state index contributed by atoms with van der Waals surface area (Å²) in [5.41, 5.74) is -0.625. The first-order valence-corrected chi connectivity index (χ1v) is 6.71. The van der Waals surface area contributed by atoms with Crippen molar-refractivity contribution in [2.24, 2.45) is 5.92 Å². The van der Waals surface area contributed by atoms with E-state index < -0.39 is 23.7 Å². The van der Waals surface area contributed by atoms with E-state index in [0.29, 0.717) is 6.42 Å². The second-order valence-electron chi connectivity index (χ2n) is 5.99. The van der Waals surface area contributed by atoms with Gasteiger partial charge in [-0.15, -0.1) is 0 Å². The number of carbonyl (C=O) groups is 2. The minimum Gasteiger partial charge on any atom is -0.480 e. The number of nitrogens with one attached hydrogen (secondary N) is 2. The van der Waals surface area contributed by atoms with E-state index in [0.717, 1.165) is 25.9 Å². The summed E-state index contributed by atoms with van der Waals surface area (Å²) in [4.78, 5) is 22.8. The summed E-state index contributed by atoms with van der Waals surface area (Å²) in [7, 11) is 0. The van der Waals surface area contributed by atoms with Gasteiger partial charge in [0.2, 0.25) is 0 Å². The maximum Gasteiger partial charge on any atom is 0.408 e. The van der Waals surface area contributed by atoms with Gasteiger partial charge in [0.1, 0.15) is 11.6 Å². The van der Waals surface area contributed by atoms with Crippen LogP contribution in [0.25, 0.3) is 0 Å². The van der Waals surface area contributed by atoms with E-state index >= 15 is 0 Å². The molecule has 6 heteroatoms. The van der Waals surface area contributed by atoms with Gasteiger partial charge in [-0.1, -0.05) is 0 Å². The Morgan fingerprint density at radius 3 is 2.63 bits per heavy atom. The summed E-state index contributed by atoms with van der Waals surface area (Å²) in [6, 6.07) is -0.889. The number of alkyl carbamates (subject to hydrolysis) is 1. The van der Waals surface area contributed by atoms with Crippen LogP contribution in [0.4, 0.5) is 4.79 Å². The molecule has 1 heterocycles. The van der Waals surface area contributed by atoms with Crippen LogP contribution in [0.5, 0.6) is 0 Å². The number of carboxylic acids is 1. The van der Waals surface area contributed by atoms with Crippen LogP contribution in [0.15, 0.2) is 0 Å². The molecule has 110 valence electrons. The van der Waals surface area contributed by atoms with Crippen molar-refractivity contribution in [3.63, 3.8) is 0 Å². The van der Waals surface area contributed by atoms with Crippen molar-refractivity contribution in [2.45, 2.75) is 51.7 Å². The molecule has 0 spiro atoms. The van der Waals surface area contributed by atoms with E-state index in [-0.39, 0.29) is 5.92 Å². The average Bonchev–Trinajstić information content (AvgIpc) is 2.26. The number of carbonyl (C=O) groups excluding carboxylic acids is 1. The number of piperidine rings is 1. The zero-order chi connectivity index (χ0) is 14.5. The van der Waals surface area contributed by atoms with Crippen molar-refractivity contribution in [3.8, 4) is 0 Å². The molecule has 1 unspecified atom stereocenters. The second-order valence-corrected chi connectivity index (χ2v) is 5.99. The number of aliphatic carboxylic acids is 1. The molecule has 0 aromatic heterocycles. The molecule has 1 saturated heterocycles. The summed E-state index contributed by atoms with van der Waals surface area (Å²) < 4.78 is 5.08. The average molecular weight is 272 g/mol. The number of carboxylic acid groups (broad SMARTS) is 1. The number of amides is 1. The molecule has 0 aromatic rings. The molecule has 0 bridgehead atoms. The van der Waals surface area contributed by atoms with Crippen LogP contribution in [0.1, 0.15) is 40.0 Å². The van der Waals surface area contributed by atoms with Gasteiger partial charge < -0.3 is 20.5 Å². The third-order valence-electron chi connectivity index (χ3n) is 2.96. The zero-order valence-electron chi connectivity index (χ0n) is 11.9. The fraction of sp³-hybridized carbons (Fsp3) is 0.846. The highest BCUT2D eigenvalue weighted by Crippen LogP contribution is 2.16. The Kier molecular flexibility index (Phi) is 5.60. The van der Waals surface area contributed by atoms with Crippen molar-refractivity contribution < 1.29 is 19.4 Å². The lowest BCUT2D eigenvalue weighted by atomic mass is 9.92. The Morgan fingerprint density at radius 2 is 2.16 bits per heavy atom. The van der Waals surface area contributed by atoms with Crippen LogP contribution >= 0.6 is 0 Å². The standard InChI is InChI=1S/C13H24N2O4/c1-13(2,3)19-12(18)15-10(11(16)17)7-9-5-4-6-14-8-9/h9-10,14H,4-8H2,1-3H3,(H,15,18)(H,16,17)/t9?,10-/m1/s1. The molecule has 1 aliphatic rings. The summed E-state index contributed by atoms with van der Waals surface area (Å²) in [5, 5.41) is 14.8. The van der Waals surface area contributed by atoms with Crippen molar-refractivity contribution in [2.75, 3.05) is 13.1 Å². The predicted octanol–water partition coefficient (Wildman–Crippen LogP) is 1.35. The van der Waals surface area contributed by atoms with Gasteiger partial charge in [0, 0.05) is 0 Å². The first kappa shape index (κ1) is 15.8. The van der Waals surface area contributed by atoms with Gasteiger partial charge in [-0.25, -0.2) is 9.59 Å². The van der Waals surface area contributed by atoms with Crippen LogP contribution in [-0.4, -0.2) is 41.9 Å². The van der Waals surface area contributed by atoms with Gasteiger partial charge in [0.15, 0.2) is 0 Å². The summed E-state index contributed by atoms with van der Waals surface area (Å²) in [6.45, 7) is 7.02. The van der Waals surface area contributed by atoms with Gasteiger partial charge >= 0.3 is 12.1 Å². The monoisotopic (exact) mass is 272 g/mol. The molecule has 6 nitrogen and oxygen atoms in total. The molecule has 1 aliphatic heterocycles. The minimum absolute atomic E-state index is 0.282. The summed E-state index contributed by atoms with van der Waals surface area (Å²) in [6.07, 6.45) is 1.79. The molecular weight excluding hydrogens is 248 g/mol. The van der Waals surface area contributed by atoms with Gasteiger partial charge in [-0.2, -0.15) is 0 Å². The predicted molar refractivity (Wildman–Crippen MR) is 71.0 cm³/mol. The lowest BCUT2D eigenvalue weighted by molar-refractivity contribution is -0.140. The van der Waals surface area contributed by atoms with Crippen molar-refractivity contribution in [1.82, 2.24) is 10.6 Å². The Labute approximate surface area is 113 Å². The van der Waals surface area contributed by atoms with Crippen molar-refractivity contribution in [3.05, 3.63) is 0 Å². The third-order valence-corrected chi connectivity index (χ3v) is 2.96. The first-order valence-electron chi connectivity index (χ1n) is 6.71.